The molecule has 0 saturated carbocycles. The number of hydrogen-bond acceptors (Lipinski definition) is 4. The number of H-pyrrole nitrogens is 2. The first-order chi connectivity index (χ1) is 18.6. The first-order valence-electron chi connectivity index (χ1n) is 12.4. The third kappa shape index (κ3) is 5.77. The van der Waals surface area contributed by atoms with Gasteiger partial charge in [0.05, 0.1) is 11.2 Å². The van der Waals surface area contributed by atoms with E-state index in [1.165, 1.54) is 12.1 Å². The number of rotatable bonds is 8. The molecule has 0 bridgehead atoms. The average Bonchev–Trinajstić information content (AvgIpc) is 3.48. The number of nitrogens with zero attached hydrogens (tertiary/aromatic N) is 3. The monoisotopic (exact) mass is 538 g/mol. The van der Waals surface area contributed by atoms with Gasteiger partial charge in [-0.15, -0.1) is 0 Å². The van der Waals surface area contributed by atoms with Gasteiger partial charge in [0.1, 0.15) is 11.5 Å². The van der Waals surface area contributed by atoms with Crippen molar-refractivity contribution in [2.75, 3.05) is 6.26 Å². The van der Waals surface area contributed by atoms with Crippen LogP contribution in [0.25, 0.3) is 39.1 Å². The average molecular weight is 539 g/mol. The Morgan fingerprint density at radius 3 is 2.64 bits per heavy atom. The molecule has 5 aromatic rings. The summed E-state index contributed by atoms with van der Waals surface area (Å²) in [6, 6.07) is 13.2. The molecule has 5 rings (SSSR count). The summed E-state index contributed by atoms with van der Waals surface area (Å²) in [7, 11) is -1.43. The molecule has 3 heterocycles. The van der Waals surface area contributed by atoms with Gasteiger partial charge in [-0.3, -0.25) is 14.8 Å². The zero-order chi connectivity index (χ0) is 27.7. The molecule has 0 unspecified atom stereocenters. The van der Waals surface area contributed by atoms with Crippen LogP contribution in [0.2, 0.25) is 0 Å². The number of allylic oxidation sites excluding steroid dienone is 2. The summed E-state index contributed by atoms with van der Waals surface area (Å²) in [6.07, 6.45) is 9.18. The highest BCUT2D eigenvalue weighted by molar-refractivity contribution is 8.25. The molecule has 3 aromatic heterocycles. The number of aryl methyl sites for hydroxylation is 2. The molecule has 0 aliphatic carbocycles. The Labute approximate surface area is 228 Å². The van der Waals surface area contributed by atoms with E-state index in [0.29, 0.717) is 29.3 Å². The minimum Gasteiger partial charge on any atom is -0.340 e. The SMILES string of the molecule is C=C/C=C(/c1cc(F)cc(CNS(=C)(=C)C)c1)c1nc(-c2n[nH]c3ccc(-c4cncc(C)c4)cc23)[nH]c1C. The third-order valence-corrected chi connectivity index (χ3v) is 7.15. The van der Waals surface area contributed by atoms with Crippen molar-refractivity contribution in [3.8, 4) is 22.6 Å². The Morgan fingerprint density at radius 2 is 1.90 bits per heavy atom. The van der Waals surface area contributed by atoms with Gasteiger partial charge in [0, 0.05) is 41.2 Å². The van der Waals surface area contributed by atoms with E-state index < -0.39 is 9.39 Å². The summed E-state index contributed by atoms with van der Waals surface area (Å²) in [5.74, 6) is 8.39. The fourth-order valence-electron chi connectivity index (χ4n) is 4.52. The van der Waals surface area contributed by atoms with Gasteiger partial charge in [-0.25, -0.2) is 9.37 Å². The maximum atomic E-state index is 14.7. The Bertz CT molecular complexity index is 1840. The molecule has 0 radical (unpaired) electrons. The summed E-state index contributed by atoms with van der Waals surface area (Å²) >= 11 is 0. The van der Waals surface area contributed by atoms with E-state index >= 15 is 0 Å². The van der Waals surface area contributed by atoms with Gasteiger partial charge in [0.2, 0.25) is 0 Å². The van der Waals surface area contributed by atoms with E-state index in [1.54, 1.807) is 6.08 Å². The molecule has 0 aliphatic rings. The zero-order valence-electron chi connectivity index (χ0n) is 22.3. The van der Waals surface area contributed by atoms with Crippen molar-refractivity contribution in [1.29, 1.82) is 0 Å². The Hall–Kier alpha value is -4.27. The lowest BCUT2D eigenvalue weighted by Crippen LogP contribution is -2.08. The van der Waals surface area contributed by atoms with E-state index in [0.717, 1.165) is 44.4 Å². The number of halogens is 1. The number of hydrogen-bond donors (Lipinski definition) is 3. The summed E-state index contributed by atoms with van der Waals surface area (Å²) in [5.41, 5.74) is 8.59. The minimum absolute atomic E-state index is 0.325. The number of aromatic amines is 2. The van der Waals surface area contributed by atoms with E-state index in [9.17, 15) is 4.39 Å². The second kappa shape index (κ2) is 10.5. The third-order valence-electron chi connectivity index (χ3n) is 6.31. The number of aromatic nitrogens is 5. The van der Waals surface area contributed by atoms with Crippen LogP contribution in [0.1, 0.15) is 28.1 Å². The highest BCUT2D eigenvalue weighted by atomic mass is 32.2. The van der Waals surface area contributed by atoms with Gasteiger partial charge < -0.3 is 4.98 Å². The summed E-state index contributed by atoms with van der Waals surface area (Å²) < 4.78 is 18.0. The lowest BCUT2D eigenvalue weighted by molar-refractivity contribution is 0.624. The number of benzene rings is 2. The van der Waals surface area contributed by atoms with Crippen LogP contribution in [0.4, 0.5) is 4.39 Å². The number of imidazole rings is 1. The summed E-state index contributed by atoms with van der Waals surface area (Å²) in [6.45, 7) is 8.32. The topological polar surface area (TPSA) is 82.3 Å². The Kier molecular flexibility index (Phi) is 7.08. The maximum absolute atomic E-state index is 14.7. The molecule has 39 heavy (non-hydrogen) atoms. The second-order valence-corrected chi connectivity index (χ2v) is 12.7. The van der Waals surface area contributed by atoms with Crippen LogP contribution in [-0.2, 0) is 6.54 Å². The predicted molar refractivity (Wildman–Crippen MR) is 165 cm³/mol. The standard InChI is InChI=1S/C31H31FN6S/c1-7-8-26(23-12-21(13-25(32)14-23)17-34-39(4,5)6)29-20(3)35-31(36-29)30-27-15-22(9-10-28(27)37-38-30)24-11-19(2)16-33-18-24/h7-16,18,34H,1,4-5,17H2,2-3,6H3,(H,35,36)(H,37,38)/b26-8-. The van der Waals surface area contributed by atoms with Gasteiger partial charge in [-0.2, -0.15) is 14.5 Å². The van der Waals surface area contributed by atoms with Crippen LogP contribution in [0, 0.1) is 19.7 Å². The van der Waals surface area contributed by atoms with Crippen molar-refractivity contribution in [3.63, 3.8) is 0 Å². The summed E-state index contributed by atoms with van der Waals surface area (Å²) in [5, 5.41) is 8.62. The van der Waals surface area contributed by atoms with Crippen molar-refractivity contribution in [3.05, 3.63) is 107 Å². The largest absolute Gasteiger partial charge is 0.340 e. The van der Waals surface area contributed by atoms with Crippen molar-refractivity contribution >= 4 is 37.6 Å². The van der Waals surface area contributed by atoms with E-state index in [-0.39, 0.29) is 5.82 Å². The van der Waals surface area contributed by atoms with Crippen molar-refractivity contribution in [2.45, 2.75) is 20.4 Å². The molecule has 0 aliphatic heterocycles. The number of pyridine rings is 1. The van der Waals surface area contributed by atoms with Crippen LogP contribution in [0.3, 0.4) is 0 Å². The maximum Gasteiger partial charge on any atom is 0.159 e. The van der Waals surface area contributed by atoms with Crippen molar-refractivity contribution in [1.82, 2.24) is 29.9 Å². The second-order valence-electron chi connectivity index (χ2n) is 9.90. The lowest BCUT2D eigenvalue weighted by Gasteiger charge is -2.13. The molecule has 0 amide bonds. The van der Waals surface area contributed by atoms with Gasteiger partial charge in [0.25, 0.3) is 0 Å². The van der Waals surface area contributed by atoms with Crippen LogP contribution >= 0.6 is 9.39 Å². The summed E-state index contributed by atoms with van der Waals surface area (Å²) in [4.78, 5) is 12.7. The van der Waals surface area contributed by atoms with E-state index in [1.807, 2.05) is 56.8 Å². The van der Waals surface area contributed by atoms with Crippen LogP contribution in [-0.4, -0.2) is 43.1 Å². The molecule has 8 heteroatoms. The lowest BCUT2D eigenvalue weighted by atomic mass is 9.98. The molecule has 198 valence electrons. The van der Waals surface area contributed by atoms with Crippen LogP contribution < -0.4 is 4.72 Å². The molecule has 3 N–H and O–H groups in total. The van der Waals surface area contributed by atoms with Gasteiger partial charge in [0.15, 0.2) is 5.82 Å². The fourth-order valence-corrected chi connectivity index (χ4v) is 5.03. The normalized spacial score (nSPS) is 12.3. The zero-order valence-corrected chi connectivity index (χ0v) is 23.1. The Morgan fingerprint density at radius 1 is 1.08 bits per heavy atom. The van der Waals surface area contributed by atoms with Crippen LogP contribution in [0.5, 0.6) is 0 Å². The molecule has 0 spiro atoms. The number of fused-ring (bicyclic) bond motifs is 1. The van der Waals surface area contributed by atoms with Gasteiger partial charge >= 0.3 is 0 Å². The van der Waals surface area contributed by atoms with Crippen molar-refractivity contribution < 1.29 is 4.39 Å². The van der Waals surface area contributed by atoms with Gasteiger partial charge in [-0.1, -0.05) is 36.5 Å². The molecular weight excluding hydrogens is 507 g/mol. The Balaban J connectivity index is 1.56. The minimum atomic E-state index is -1.43. The number of nitrogens with one attached hydrogen (secondary N) is 3. The van der Waals surface area contributed by atoms with Crippen LogP contribution in [0.15, 0.2) is 73.6 Å². The highest BCUT2D eigenvalue weighted by Crippen LogP contribution is 2.33. The molecule has 0 saturated heterocycles. The first-order valence-corrected chi connectivity index (χ1v) is 14.8. The van der Waals surface area contributed by atoms with Gasteiger partial charge in [-0.05, 0) is 78.8 Å². The van der Waals surface area contributed by atoms with Crippen molar-refractivity contribution in [2.24, 2.45) is 0 Å². The first kappa shape index (κ1) is 26.3. The predicted octanol–water partition coefficient (Wildman–Crippen LogP) is 6.69. The smallest absolute Gasteiger partial charge is 0.159 e. The molecule has 2 aromatic carbocycles. The molecule has 0 fully saturated rings. The highest BCUT2D eigenvalue weighted by Gasteiger charge is 2.19. The van der Waals surface area contributed by atoms with E-state index in [4.69, 9.17) is 4.98 Å². The van der Waals surface area contributed by atoms with E-state index in [2.05, 4.69) is 55.3 Å². The molecule has 0 atom stereocenters. The molecule has 6 nitrogen and oxygen atoms in total. The quantitative estimate of drug-likeness (QED) is 0.152. The molecular formula is C31H31FN6S. The fraction of sp³-hybridized carbons (Fsp3) is 0.129.